The fourth-order valence-electron chi connectivity index (χ4n) is 2.84. The molecular weight excluding hydrogens is 464 g/mol. The molecule has 1 aliphatic rings. The van der Waals surface area contributed by atoms with Gasteiger partial charge in [-0.05, 0) is 57.9 Å². The summed E-state index contributed by atoms with van der Waals surface area (Å²) in [6, 6.07) is 20.9. The lowest BCUT2D eigenvalue weighted by atomic mass is 10.2. The van der Waals surface area contributed by atoms with E-state index >= 15 is 0 Å². The number of hydrazone groups is 1. The van der Waals surface area contributed by atoms with Gasteiger partial charge in [-0.3, -0.25) is 4.79 Å². The highest BCUT2D eigenvalue weighted by atomic mass is 79.9. The topological polar surface area (TPSA) is 86.2 Å². The summed E-state index contributed by atoms with van der Waals surface area (Å²) >= 11 is 3.33. The zero-order valence-corrected chi connectivity index (χ0v) is 17.7. The number of carbonyl (C=O) groups excluding carboxylic acids is 2. The van der Waals surface area contributed by atoms with E-state index < -0.39 is 18.0 Å². The largest absolute Gasteiger partial charge is 0.485 e. The van der Waals surface area contributed by atoms with E-state index in [-0.39, 0.29) is 6.61 Å². The predicted octanol–water partition coefficient (Wildman–Crippen LogP) is 3.96. The van der Waals surface area contributed by atoms with Gasteiger partial charge in [-0.2, -0.15) is 5.10 Å². The molecule has 3 aromatic rings. The Balaban J connectivity index is 1.35. The first-order valence-electron chi connectivity index (χ1n) is 9.38. The number of nitrogens with zero attached hydrogens (tertiary/aromatic N) is 1. The summed E-state index contributed by atoms with van der Waals surface area (Å²) in [7, 11) is 0. The van der Waals surface area contributed by atoms with Crippen molar-refractivity contribution < 1.29 is 23.8 Å². The molecule has 0 unspecified atom stereocenters. The molecule has 0 saturated heterocycles. The molecule has 0 aliphatic carbocycles. The summed E-state index contributed by atoms with van der Waals surface area (Å²) in [5.74, 6) is 0.560. The number of nitrogens with one attached hydrogen (secondary N) is 1. The molecule has 1 aliphatic heterocycles. The Morgan fingerprint density at radius 2 is 1.81 bits per heavy atom. The highest BCUT2D eigenvalue weighted by Gasteiger charge is 2.27. The van der Waals surface area contributed by atoms with E-state index in [4.69, 9.17) is 14.2 Å². The van der Waals surface area contributed by atoms with Crippen molar-refractivity contribution >= 4 is 34.0 Å². The second-order valence-corrected chi connectivity index (χ2v) is 7.39. The number of fused-ring (bicyclic) bond motifs is 1. The smallest absolute Gasteiger partial charge is 0.344 e. The third kappa shape index (κ3) is 5.10. The number of ether oxygens (including phenoxy) is 3. The summed E-state index contributed by atoms with van der Waals surface area (Å²) in [4.78, 5) is 24.6. The molecule has 0 fully saturated rings. The van der Waals surface area contributed by atoms with Crippen molar-refractivity contribution in [2.24, 2.45) is 5.10 Å². The van der Waals surface area contributed by atoms with Crippen molar-refractivity contribution in [2.75, 3.05) is 6.61 Å². The number of amides is 1. The van der Waals surface area contributed by atoms with Crippen LogP contribution < -0.4 is 19.6 Å². The summed E-state index contributed by atoms with van der Waals surface area (Å²) in [6.07, 6.45) is 0.648. The van der Waals surface area contributed by atoms with E-state index in [1.165, 1.54) is 6.21 Å². The monoisotopic (exact) mass is 480 g/mol. The van der Waals surface area contributed by atoms with E-state index in [1.54, 1.807) is 60.7 Å². The molecule has 0 radical (unpaired) electrons. The van der Waals surface area contributed by atoms with Crippen molar-refractivity contribution in [1.82, 2.24) is 5.43 Å². The highest BCUT2D eigenvalue weighted by molar-refractivity contribution is 9.10. The molecule has 156 valence electrons. The van der Waals surface area contributed by atoms with E-state index in [9.17, 15) is 9.59 Å². The van der Waals surface area contributed by atoms with Crippen LogP contribution in [0.25, 0.3) is 0 Å². The van der Waals surface area contributed by atoms with E-state index in [0.717, 1.165) is 0 Å². The molecule has 1 heterocycles. The van der Waals surface area contributed by atoms with Gasteiger partial charge in [-0.1, -0.05) is 36.4 Å². The Morgan fingerprint density at radius 1 is 1.03 bits per heavy atom. The molecule has 1 atom stereocenters. The van der Waals surface area contributed by atoms with Gasteiger partial charge in [0.05, 0.1) is 11.8 Å². The first-order chi connectivity index (χ1) is 15.1. The molecular formula is C23H17BrN2O5. The third-order valence-corrected chi connectivity index (χ3v) is 5.04. The van der Waals surface area contributed by atoms with Crippen LogP contribution in [0.2, 0.25) is 0 Å². The van der Waals surface area contributed by atoms with Crippen LogP contribution in [0.1, 0.15) is 15.9 Å². The standard InChI is InChI=1S/C23H17BrN2O5/c24-18-9-2-1-8-17(18)23(28)30-16-7-5-6-15(12-16)13-25-26-22(27)21-14-29-19-10-3-4-11-20(19)31-21/h1-13,21H,14H2,(H,26,27)/b25-13-/t21-/m0/s1. The Kier molecular flexibility index (Phi) is 6.28. The molecule has 0 spiro atoms. The SMILES string of the molecule is O=C(Oc1cccc(/C=N\NC(=O)[C@@H]2COc3ccccc3O2)c1)c1ccccc1Br. The number of esters is 1. The van der Waals surface area contributed by atoms with Crippen molar-refractivity contribution in [2.45, 2.75) is 6.10 Å². The molecule has 0 aromatic heterocycles. The summed E-state index contributed by atoms with van der Waals surface area (Å²) in [5, 5.41) is 3.96. The summed E-state index contributed by atoms with van der Waals surface area (Å²) in [6.45, 7) is 0.0961. The number of carbonyl (C=O) groups is 2. The third-order valence-electron chi connectivity index (χ3n) is 4.35. The second-order valence-electron chi connectivity index (χ2n) is 6.54. The Hall–Kier alpha value is -3.65. The number of halogens is 1. The Bertz CT molecular complexity index is 1150. The molecule has 4 rings (SSSR count). The lowest BCUT2D eigenvalue weighted by Crippen LogP contribution is -2.42. The molecule has 0 bridgehead atoms. The predicted molar refractivity (Wildman–Crippen MR) is 118 cm³/mol. The maximum absolute atomic E-state index is 12.3. The fraction of sp³-hybridized carbons (Fsp3) is 0.0870. The number of hydrogen-bond acceptors (Lipinski definition) is 6. The summed E-state index contributed by atoms with van der Waals surface area (Å²) < 4.78 is 17.2. The maximum Gasteiger partial charge on any atom is 0.344 e. The van der Waals surface area contributed by atoms with Crippen LogP contribution in [0.5, 0.6) is 17.2 Å². The van der Waals surface area contributed by atoms with Gasteiger partial charge >= 0.3 is 5.97 Å². The van der Waals surface area contributed by atoms with Crippen molar-refractivity contribution in [3.8, 4) is 17.2 Å². The highest BCUT2D eigenvalue weighted by Crippen LogP contribution is 2.30. The molecule has 3 aromatic carbocycles. The van der Waals surface area contributed by atoms with Crippen LogP contribution in [0.4, 0.5) is 0 Å². The minimum Gasteiger partial charge on any atom is -0.485 e. The van der Waals surface area contributed by atoms with E-state index in [0.29, 0.717) is 32.8 Å². The van der Waals surface area contributed by atoms with Crippen molar-refractivity contribution in [1.29, 1.82) is 0 Å². The zero-order valence-electron chi connectivity index (χ0n) is 16.2. The van der Waals surface area contributed by atoms with Crippen LogP contribution in [0.3, 0.4) is 0 Å². The molecule has 1 N–H and O–H groups in total. The van der Waals surface area contributed by atoms with E-state index in [1.807, 2.05) is 12.1 Å². The van der Waals surface area contributed by atoms with Crippen LogP contribution in [-0.2, 0) is 4.79 Å². The number of benzene rings is 3. The quantitative estimate of drug-likeness (QED) is 0.258. The number of rotatable bonds is 5. The van der Waals surface area contributed by atoms with Crippen LogP contribution in [-0.4, -0.2) is 30.8 Å². The zero-order chi connectivity index (χ0) is 21.6. The normalized spacial score (nSPS) is 14.8. The lowest BCUT2D eigenvalue weighted by molar-refractivity contribution is -0.130. The van der Waals surface area contributed by atoms with Gasteiger partial charge in [0.15, 0.2) is 11.5 Å². The molecule has 31 heavy (non-hydrogen) atoms. The van der Waals surface area contributed by atoms with Gasteiger partial charge in [0, 0.05) is 4.47 Å². The fourth-order valence-corrected chi connectivity index (χ4v) is 3.28. The molecule has 0 saturated carbocycles. The van der Waals surface area contributed by atoms with Crippen LogP contribution >= 0.6 is 15.9 Å². The minimum absolute atomic E-state index is 0.0961. The number of hydrogen-bond donors (Lipinski definition) is 1. The van der Waals surface area contributed by atoms with Gasteiger partial charge in [-0.15, -0.1) is 0 Å². The van der Waals surface area contributed by atoms with E-state index in [2.05, 4.69) is 26.5 Å². The van der Waals surface area contributed by atoms with Gasteiger partial charge < -0.3 is 14.2 Å². The van der Waals surface area contributed by atoms with Gasteiger partial charge in [0.1, 0.15) is 12.4 Å². The van der Waals surface area contributed by atoms with Gasteiger partial charge in [0.25, 0.3) is 5.91 Å². The minimum atomic E-state index is -0.802. The first kappa shape index (κ1) is 20.6. The number of para-hydroxylation sites is 2. The van der Waals surface area contributed by atoms with Crippen LogP contribution in [0, 0.1) is 0 Å². The second kappa shape index (κ2) is 9.44. The average Bonchev–Trinajstić information content (AvgIpc) is 2.79. The maximum atomic E-state index is 12.3. The van der Waals surface area contributed by atoms with Gasteiger partial charge in [0.2, 0.25) is 6.10 Å². The average molecular weight is 481 g/mol. The Labute approximate surface area is 186 Å². The molecule has 7 nitrogen and oxygen atoms in total. The molecule has 1 amide bonds. The first-order valence-corrected chi connectivity index (χ1v) is 10.2. The van der Waals surface area contributed by atoms with Crippen molar-refractivity contribution in [3.63, 3.8) is 0 Å². The Morgan fingerprint density at radius 3 is 2.65 bits per heavy atom. The lowest BCUT2D eigenvalue weighted by Gasteiger charge is -2.24. The summed E-state index contributed by atoms with van der Waals surface area (Å²) in [5.41, 5.74) is 3.50. The van der Waals surface area contributed by atoms with Crippen LogP contribution in [0.15, 0.2) is 82.4 Å². The molecule has 8 heteroatoms. The van der Waals surface area contributed by atoms with Gasteiger partial charge in [-0.25, -0.2) is 10.2 Å². The van der Waals surface area contributed by atoms with Crippen molar-refractivity contribution in [3.05, 3.63) is 88.4 Å².